The Morgan fingerprint density at radius 2 is 1.82 bits per heavy atom. The van der Waals surface area contributed by atoms with Crippen molar-refractivity contribution in [1.29, 1.82) is 0 Å². The van der Waals surface area contributed by atoms with Crippen molar-refractivity contribution in [2.75, 3.05) is 26.4 Å². The molecule has 0 aliphatic carbocycles. The molecule has 0 saturated heterocycles. The molecule has 0 radical (unpaired) electrons. The molecule has 0 aliphatic heterocycles. The van der Waals surface area contributed by atoms with Crippen LogP contribution in [-0.2, 0) is 16.0 Å². The molecule has 4 nitrogen and oxygen atoms in total. The molecular weight excluding hydrogens is 218 g/mol. The van der Waals surface area contributed by atoms with Crippen molar-refractivity contribution in [1.82, 2.24) is 0 Å². The fourth-order valence-electron chi connectivity index (χ4n) is 1.43. The van der Waals surface area contributed by atoms with Crippen LogP contribution in [0.2, 0.25) is 0 Å². The Morgan fingerprint density at radius 3 is 2.41 bits per heavy atom. The van der Waals surface area contributed by atoms with E-state index in [0.29, 0.717) is 26.4 Å². The van der Waals surface area contributed by atoms with E-state index in [1.54, 1.807) is 0 Å². The topological polar surface area (TPSA) is 64.7 Å². The van der Waals surface area contributed by atoms with Crippen molar-refractivity contribution >= 4 is 0 Å². The van der Waals surface area contributed by atoms with Crippen LogP contribution in [0.1, 0.15) is 24.2 Å². The van der Waals surface area contributed by atoms with Gasteiger partial charge in [-0.25, -0.2) is 0 Å². The molecule has 0 aromatic heterocycles. The average Bonchev–Trinajstić information content (AvgIpc) is 2.38. The van der Waals surface area contributed by atoms with Crippen molar-refractivity contribution in [2.45, 2.75) is 19.6 Å². The van der Waals surface area contributed by atoms with Gasteiger partial charge in [-0.3, -0.25) is 0 Å². The standard InChI is InChI=1S/C13H21NO3/c1-2-16-7-8-17-10-13(15)12-5-3-11(9-14)4-6-12/h3-6,13,15H,2,7-10,14H2,1H3. The second-order valence-electron chi connectivity index (χ2n) is 3.73. The Hall–Kier alpha value is -0.940. The Bertz CT molecular complexity index is 300. The summed E-state index contributed by atoms with van der Waals surface area (Å²) in [5.74, 6) is 0. The van der Waals surface area contributed by atoms with Crippen molar-refractivity contribution in [3.63, 3.8) is 0 Å². The fourth-order valence-corrected chi connectivity index (χ4v) is 1.43. The van der Waals surface area contributed by atoms with Crippen LogP contribution in [0.15, 0.2) is 24.3 Å². The van der Waals surface area contributed by atoms with E-state index in [9.17, 15) is 5.11 Å². The third kappa shape index (κ3) is 5.28. The first-order valence-corrected chi connectivity index (χ1v) is 5.90. The van der Waals surface area contributed by atoms with Crippen LogP contribution in [0.5, 0.6) is 0 Å². The molecule has 0 fully saturated rings. The Labute approximate surface area is 102 Å². The molecule has 3 N–H and O–H groups in total. The van der Waals surface area contributed by atoms with E-state index in [1.165, 1.54) is 0 Å². The largest absolute Gasteiger partial charge is 0.386 e. The first kappa shape index (κ1) is 14.1. The molecule has 1 rings (SSSR count). The number of benzene rings is 1. The molecule has 0 bridgehead atoms. The summed E-state index contributed by atoms with van der Waals surface area (Å²) in [6.45, 7) is 4.50. The van der Waals surface area contributed by atoms with Crippen LogP contribution in [0.25, 0.3) is 0 Å². The minimum Gasteiger partial charge on any atom is -0.386 e. The van der Waals surface area contributed by atoms with Crippen molar-refractivity contribution in [3.05, 3.63) is 35.4 Å². The van der Waals surface area contributed by atoms with Crippen LogP contribution < -0.4 is 5.73 Å². The maximum absolute atomic E-state index is 9.84. The Morgan fingerprint density at radius 1 is 1.18 bits per heavy atom. The highest BCUT2D eigenvalue weighted by atomic mass is 16.5. The quantitative estimate of drug-likeness (QED) is 0.670. The van der Waals surface area contributed by atoms with Gasteiger partial charge in [0.2, 0.25) is 0 Å². The summed E-state index contributed by atoms with van der Waals surface area (Å²) in [4.78, 5) is 0. The highest BCUT2D eigenvalue weighted by molar-refractivity contribution is 5.23. The van der Waals surface area contributed by atoms with E-state index in [1.807, 2.05) is 31.2 Å². The monoisotopic (exact) mass is 239 g/mol. The van der Waals surface area contributed by atoms with Gasteiger partial charge in [0.05, 0.1) is 19.8 Å². The normalized spacial score (nSPS) is 12.6. The van der Waals surface area contributed by atoms with Crippen LogP contribution in [-0.4, -0.2) is 31.5 Å². The molecule has 4 heteroatoms. The Kier molecular flexibility index (Phi) is 6.81. The molecular formula is C13H21NO3. The predicted molar refractivity (Wildman–Crippen MR) is 66.6 cm³/mol. The first-order chi connectivity index (χ1) is 8.27. The van der Waals surface area contributed by atoms with E-state index in [4.69, 9.17) is 15.2 Å². The zero-order valence-electron chi connectivity index (χ0n) is 10.3. The van der Waals surface area contributed by atoms with Crippen molar-refractivity contribution in [3.8, 4) is 0 Å². The SMILES string of the molecule is CCOCCOCC(O)c1ccc(CN)cc1. The summed E-state index contributed by atoms with van der Waals surface area (Å²) < 4.78 is 10.4. The summed E-state index contributed by atoms with van der Waals surface area (Å²) in [5.41, 5.74) is 7.40. The average molecular weight is 239 g/mol. The van der Waals surface area contributed by atoms with Crippen LogP contribution in [0.3, 0.4) is 0 Å². The third-order valence-electron chi connectivity index (χ3n) is 2.45. The number of hydrogen-bond donors (Lipinski definition) is 2. The molecule has 0 heterocycles. The van der Waals surface area contributed by atoms with Gasteiger partial charge in [0, 0.05) is 13.2 Å². The smallest absolute Gasteiger partial charge is 0.102 e. The highest BCUT2D eigenvalue weighted by Crippen LogP contribution is 2.13. The highest BCUT2D eigenvalue weighted by Gasteiger charge is 2.07. The fraction of sp³-hybridized carbons (Fsp3) is 0.538. The van der Waals surface area contributed by atoms with Gasteiger partial charge in [-0.2, -0.15) is 0 Å². The number of aliphatic hydroxyl groups is 1. The minimum atomic E-state index is -0.594. The van der Waals surface area contributed by atoms with Gasteiger partial charge in [0.1, 0.15) is 6.10 Å². The van der Waals surface area contributed by atoms with Gasteiger partial charge in [0.25, 0.3) is 0 Å². The van der Waals surface area contributed by atoms with E-state index >= 15 is 0 Å². The number of aliphatic hydroxyl groups excluding tert-OH is 1. The number of ether oxygens (including phenoxy) is 2. The van der Waals surface area contributed by atoms with E-state index in [-0.39, 0.29) is 6.61 Å². The molecule has 1 aromatic carbocycles. The molecule has 0 aliphatic rings. The van der Waals surface area contributed by atoms with Gasteiger partial charge in [0.15, 0.2) is 0 Å². The number of rotatable bonds is 8. The van der Waals surface area contributed by atoms with Gasteiger partial charge in [-0.15, -0.1) is 0 Å². The van der Waals surface area contributed by atoms with Gasteiger partial charge >= 0.3 is 0 Å². The van der Waals surface area contributed by atoms with E-state index < -0.39 is 6.10 Å². The molecule has 0 amide bonds. The van der Waals surface area contributed by atoms with Gasteiger partial charge in [-0.1, -0.05) is 24.3 Å². The molecule has 1 unspecified atom stereocenters. The molecule has 0 spiro atoms. The summed E-state index contributed by atoms with van der Waals surface area (Å²) >= 11 is 0. The number of hydrogen-bond acceptors (Lipinski definition) is 4. The van der Waals surface area contributed by atoms with Crippen LogP contribution in [0, 0.1) is 0 Å². The second kappa shape index (κ2) is 8.20. The van der Waals surface area contributed by atoms with Gasteiger partial charge < -0.3 is 20.3 Å². The first-order valence-electron chi connectivity index (χ1n) is 5.90. The lowest BCUT2D eigenvalue weighted by atomic mass is 10.1. The lowest BCUT2D eigenvalue weighted by Gasteiger charge is -2.12. The molecule has 1 atom stereocenters. The summed E-state index contributed by atoms with van der Waals surface area (Å²) in [5, 5.41) is 9.84. The van der Waals surface area contributed by atoms with E-state index in [2.05, 4.69) is 0 Å². The minimum absolute atomic E-state index is 0.287. The summed E-state index contributed by atoms with van der Waals surface area (Å²) in [7, 11) is 0. The molecule has 0 saturated carbocycles. The Balaban J connectivity index is 2.28. The zero-order valence-corrected chi connectivity index (χ0v) is 10.3. The van der Waals surface area contributed by atoms with Gasteiger partial charge in [-0.05, 0) is 18.1 Å². The van der Waals surface area contributed by atoms with E-state index in [0.717, 1.165) is 11.1 Å². The molecule has 1 aromatic rings. The maximum atomic E-state index is 9.84. The maximum Gasteiger partial charge on any atom is 0.102 e. The lowest BCUT2D eigenvalue weighted by molar-refractivity contribution is 0.00531. The van der Waals surface area contributed by atoms with Crippen molar-refractivity contribution < 1.29 is 14.6 Å². The van der Waals surface area contributed by atoms with Crippen LogP contribution in [0.4, 0.5) is 0 Å². The summed E-state index contributed by atoms with van der Waals surface area (Å²) in [6.07, 6.45) is -0.594. The lowest BCUT2D eigenvalue weighted by Crippen LogP contribution is -2.11. The summed E-state index contributed by atoms with van der Waals surface area (Å²) in [6, 6.07) is 7.58. The zero-order chi connectivity index (χ0) is 12.5. The second-order valence-corrected chi connectivity index (χ2v) is 3.73. The van der Waals surface area contributed by atoms with Crippen LogP contribution >= 0.6 is 0 Å². The molecule has 17 heavy (non-hydrogen) atoms. The third-order valence-corrected chi connectivity index (χ3v) is 2.45. The van der Waals surface area contributed by atoms with Crippen molar-refractivity contribution in [2.24, 2.45) is 5.73 Å². The molecule has 96 valence electrons. The number of nitrogens with two attached hydrogens (primary N) is 1. The predicted octanol–water partition coefficient (Wildman–Crippen LogP) is 1.23.